The molecule has 4 nitrogen and oxygen atoms in total. The van der Waals surface area contributed by atoms with E-state index >= 15 is 0 Å². The average Bonchev–Trinajstić information content (AvgIpc) is 2.29. The van der Waals surface area contributed by atoms with Crippen LogP contribution in [0.4, 0.5) is 0 Å². The largest absolute Gasteiger partial charge is 0.481 e. The smallest absolute Gasteiger partial charge is 0.309 e. The Hall–Kier alpha value is -1.84. The van der Waals surface area contributed by atoms with E-state index in [2.05, 4.69) is 5.32 Å². The fourth-order valence-electron chi connectivity index (χ4n) is 1.59. The molecule has 0 aliphatic rings. The summed E-state index contributed by atoms with van der Waals surface area (Å²) < 4.78 is 0. The Morgan fingerprint density at radius 3 is 2.33 bits per heavy atom. The predicted octanol–water partition coefficient (Wildman–Crippen LogP) is 2.36. The van der Waals surface area contributed by atoms with Crippen molar-refractivity contribution in [1.82, 2.24) is 5.32 Å². The van der Waals surface area contributed by atoms with Crippen molar-refractivity contribution in [2.24, 2.45) is 5.41 Å². The van der Waals surface area contributed by atoms with Crippen LogP contribution in [0.5, 0.6) is 0 Å². The van der Waals surface area contributed by atoms with Crippen molar-refractivity contribution in [3.05, 3.63) is 35.9 Å². The van der Waals surface area contributed by atoms with Crippen LogP contribution in [0.25, 0.3) is 0 Å². The summed E-state index contributed by atoms with van der Waals surface area (Å²) in [5.74, 6) is -1.22. The number of nitrogens with one attached hydrogen (secondary N) is 1. The summed E-state index contributed by atoms with van der Waals surface area (Å²) in [6.45, 7) is 4.96. The van der Waals surface area contributed by atoms with Crippen molar-refractivity contribution in [3.63, 3.8) is 0 Å². The van der Waals surface area contributed by atoms with Crippen LogP contribution in [0.1, 0.15) is 38.8 Å². The van der Waals surface area contributed by atoms with E-state index in [4.69, 9.17) is 5.11 Å². The van der Waals surface area contributed by atoms with E-state index in [1.807, 2.05) is 37.3 Å². The zero-order chi connectivity index (χ0) is 13.8. The molecule has 18 heavy (non-hydrogen) atoms. The van der Waals surface area contributed by atoms with Crippen molar-refractivity contribution in [3.8, 4) is 0 Å². The van der Waals surface area contributed by atoms with Gasteiger partial charge in [0.05, 0.1) is 11.5 Å². The normalized spacial score (nSPS) is 12.8. The van der Waals surface area contributed by atoms with E-state index in [1.54, 1.807) is 13.8 Å². The van der Waals surface area contributed by atoms with E-state index in [1.165, 1.54) is 0 Å². The summed E-state index contributed by atoms with van der Waals surface area (Å²) in [6.07, 6.45) is -0.0283. The van der Waals surface area contributed by atoms with Gasteiger partial charge < -0.3 is 10.4 Å². The molecule has 0 heterocycles. The second-order valence-electron chi connectivity index (χ2n) is 5.07. The maximum Gasteiger partial charge on any atom is 0.309 e. The fraction of sp³-hybridized carbons (Fsp3) is 0.429. The van der Waals surface area contributed by atoms with Gasteiger partial charge in [-0.3, -0.25) is 9.59 Å². The first-order valence-electron chi connectivity index (χ1n) is 5.90. The van der Waals surface area contributed by atoms with Crippen molar-refractivity contribution in [1.29, 1.82) is 0 Å². The second-order valence-corrected chi connectivity index (χ2v) is 5.07. The van der Waals surface area contributed by atoms with Crippen molar-refractivity contribution < 1.29 is 14.7 Å². The lowest BCUT2D eigenvalue weighted by molar-refractivity contribution is -0.149. The topological polar surface area (TPSA) is 66.4 Å². The predicted molar refractivity (Wildman–Crippen MR) is 69.0 cm³/mol. The molecule has 1 unspecified atom stereocenters. The molecule has 1 aromatic carbocycles. The minimum absolute atomic E-state index is 0.0283. The molecule has 2 N–H and O–H groups in total. The molecule has 0 aliphatic carbocycles. The summed E-state index contributed by atoms with van der Waals surface area (Å²) in [5.41, 5.74) is -0.0421. The van der Waals surface area contributed by atoms with Crippen LogP contribution in [0.3, 0.4) is 0 Å². The van der Waals surface area contributed by atoms with Gasteiger partial charge in [0.2, 0.25) is 5.91 Å². The van der Waals surface area contributed by atoms with E-state index < -0.39 is 11.4 Å². The number of carbonyl (C=O) groups is 2. The lowest BCUT2D eigenvalue weighted by Crippen LogP contribution is -2.34. The SMILES string of the molecule is CC(NC(=O)CC(C)(C)C(=O)O)c1ccccc1. The third-order valence-corrected chi connectivity index (χ3v) is 2.86. The number of carboxylic acid groups (broad SMARTS) is 1. The molecular weight excluding hydrogens is 230 g/mol. The van der Waals surface area contributed by atoms with Crippen LogP contribution in [0, 0.1) is 5.41 Å². The van der Waals surface area contributed by atoms with Gasteiger partial charge >= 0.3 is 5.97 Å². The zero-order valence-electron chi connectivity index (χ0n) is 10.9. The van der Waals surface area contributed by atoms with E-state index in [0.717, 1.165) is 5.56 Å². The van der Waals surface area contributed by atoms with Gasteiger partial charge in [0, 0.05) is 6.42 Å². The first-order valence-corrected chi connectivity index (χ1v) is 5.90. The Kier molecular flexibility index (Phi) is 4.48. The minimum atomic E-state index is -1.04. The number of benzene rings is 1. The molecule has 0 radical (unpaired) electrons. The minimum Gasteiger partial charge on any atom is -0.481 e. The molecule has 0 aliphatic heterocycles. The number of carboxylic acids is 1. The van der Waals surface area contributed by atoms with Gasteiger partial charge in [-0.2, -0.15) is 0 Å². The number of hydrogen-bond acceptors (Lipinski definition) is 2. The number of amides is 1. The van der Waals surface area contributed by atoms with Crippen LogP contribution in [0.2, 0.25) is 0 Å². The first-order chi connectivity index (χ1) is 8.33. The van der Waals surface area contributed by atoms with Gasteiger partial charge in [0.1, 0.15) is 0 Å². The lowest BCUT2D eigenvalue weighted by Gasteiger charge is -2.20. The number of aliphatic carboxylic acids is 1. The Morgan fingerprint density at radius 1 is 1.28 bits per heavy atom. The molecular formula is C14H19NO3. The fourth-order valence-corrected chi connectivity index (χ4v) is 1.59. The monoisotopic (exact) mass is 249 g/mol. The lowest BCUT2D eigenvalue weighted by atomic mass is 9.89. The third kappa shape index (κ3) is 3.87. The number of rotatable bonds is 5. The Labute approximate surface area is 107 Å². The van der Waals surface area contributed by atoms with Crippen molar-refractivity contribution in [2.45, 2.75) is 33.2 Å². The van der Waals surface area contributed by atoms with Crippen LogP contribution < -0.4 is 5.32 Å². The maximum absolute atomic E-state index is 11.8. The van der Waals surface area contributed by atoms with Crippen LogP contribution in [-0.4, -0.2) is 17.0 Å². The number of carbonyl (C=O) groups excluding carboxylic acids is 1. The van der Waals surface area contributed by atoms with Crippen LogP contribution in [0.15, 0.2) is 30.3 Å². The van der Waals surface area contributed by atoms with Crippen LogP contribution >= 0.6 is 0 Å². The Morgan fingerprint density at radius 2 is 1.83 bits per heavy atom. The van der Waals surface area contributed by atoms with Gasteiger partial charge in [0.25, 0.3) is 0 Å². The standard InChI is InChI=1S/C14H19NO3/c1-10(11-7-5-4-6-8-11)15-12(16)9-14(2,3)13(17)18/h4-8,10H,9H2,1-3H3,(H,15,16)(H,17,18). The molecule has 1 rings (SSSR count). The molecule has 1 atom stereocenters. The summed E-state index contributed by atoms with van der Waals surface area (Å²) in [6, 6.07) is 9.44. The number of hydrogen-bond donors (Lipinski definition) is 2. The van der Waals surface area contributed by atoms with Gasteiger partial charge in [0.15, 0.2) is 0 Å². The summed E-state index contributed by atoms with van der Waals surface area (Å²) in [7, 11) is 0. The Bertz CT molecular complexity index is 426. The molecule has 1 amide bonds. The van der Waals surface area contributed by atoms with Gasteiger partial charge in [-0.25, -0.2) is 0 Å². The molecule has 4 heteroatoms. The highest BCUT2D eigenvalue weighted by molar-refractivity contribution is 5.84. The summed E-state index contributed by atoms with van der Waals surface area (Å²) in [4.78, 5) is 22.7. The molecule has 0 aromatic heterocycles. The quantitative estimate of drug-likeness (QED) is 0.841. The van der Waals surface area contributed by atoms with Crippen molar-refractivity contribution in [2.75, 3.05) is 0 Å². The average molecular weight is 249 g/mol. The molecule has 98 valence electrons. The molecule has 0 saturated carbocycles. The molecule has 0 spiro atoms. The maximum atomic E-state index is 11.8. The van der Waals surface area contributed by atoms with Gasteiger partial charge in [-0.1, -0.05) is 30.3 Å². The first kappa shape index (κ1) is 14.2. The molecule has 1 aromatic rings. The summed E-state index contributed by atoms with van der Waals surface area (Å²) in [5, 5.41) is 11.8. The highest BCUT2D eigenvalue weighted by Gasteiger charge is 2.30. The van der Waals surface area contributed by atoms with Gasteiger partial charge in [-0.15, -0.1) is 0 Å². The highest BCUT2D eigenvalue weighted by atomic mass is 16.4. The second kappa shape index (κ2) is 5.67. The van der Waals surface area contributed by atoms with Gasteiger partial charge in [-0.05, 0) is 26.3 Å². The summed E-state index contributed by atoms with van der Waals surface area (Å²) >= 11 is 0. The third-order valence-electron chi connectivity index (χ3n) is 2.86. The zero-order valence-corrected chi connectivity index (χ0v) is 10.9. The molecule has 0 bridgehead atoms. The Balaban J connectivity index is 2.58. The highest BCUT2D eigenvalue weighted by Crippen LogP contribution is 2.21. The van der Waals surface area contributed by atoms with Crippen LogP contribution in [-0.2, 0) is 9.59 Å². The van der Waals surface area contributed by atoms with E-state index in [9.17, 15) is 9.59 Å². The van der Waals surface area contributed by atoms with E-state index in [0.29, 0.717) is 0 Å². The molecule has 0 saturated heterocycles. The molecule has 0 fully saturated rings. The van der Waals surface area contributed by atoms with Crippen molar-refractivity contribution >= 4 is 11.9 Å². The van der Waals surface area contributed by atoms with E-state index in [-0.39, 0.29) is 18.4 Å².